The van der Waals surface area contributed by atoms with Crippen LogP contribution < -0.4 is 9.46 Å². The number of benzene rings is 2. The Morgan fingerprint density at radius 3 is 2.68 bits per heavy atom. The first-order valence-corrected chi connectivity index (χ1v) is 10.0. The Morgan fingerprint density at radius 1 is 1.00 bits per heavy atom. The van der Waals surface area contributed by atoms with Gasteiger partial charge in [-0.1, -0.05) is 24.3 Å². The van der Waals surface area contributed by atoms with Crippen molar-refractivity contribution in [3.63, 3.8) is 0 Å². The minimum absolute atomic E-state index is 0.0910. The number of pyridine rings is 1. The average molecular weight is 394 g/mol. The smallest absolute Gasteiger partial charge is 0.265 e. The number of fused-ring (bicyclic) bond motifs is 1. The summed E-state index contributed by atoms with van der Waals surface area (Å²) in [6.07, 6.45) is 1.86. The lowest BCUT2D eigenvalue weighted by molar-refractivity contribution is 0.402. The predicted octanol–water partition coefficient (Wildman–Crippen LogP) is 3.51. The quantitative estimate of drug-likeness (QED) is 0.560. The van der Waals surface area contributed by atoms with Gasteiger partial charge in [-0.05, 0) is 48.9 Å². The maximum absolute atomic E-state index is 12.9. The molecule has 8 heteroatoms. The number of methoxy groups -OCH3 is 1. The number of aryl methyl sites for hydroxylation is 1. The molecule has 0 aliphatic carbocycles. The molecular weight excluding hydrogens is 376 g/mol. The average Bonchev–Trinajstić information content (AvgIpc) is 3.12. The summed E-state index contributed by atoms with van der Waals surface area (Å²) in [6, 6.07) is 17.7. The molecule has 4 rings (SSSR count). The molecule has 0 radical (unpaired) electrons. The second-order valence-corrected chi connectivity index (χ2v) is 7.94. The summed E-state index contributed by atoms with van der Waals surface area (Å²) in [6.45, 7) is 1.83. The summed E-state index contributed by atoms with van der Waals surface area (Å²) >= 11 is 0. The van der Waals surface area contributed by atoms with Gasteiger partial charge in [-0.2, -0.15) is 0 Å². The van der Waals surface area contributed by atoms with Gasteiger partial charge in [0.15, 0.2) is 11.5 Å². The monoisotopic (exact) mass is 394 g/mol. The topological polar surface area (TPSA) is 85.6 Å². The first-order chi connectivity index (χ1) is 13.5. The summed E-state index contributed by atoms with van der Waals surface area (Å²) in [5, 5.41) is 8.35. The Morgan fingerprint density at radius 2 is 1.86 bits per heavy atom. The van der Waals surface area contributed by atoms with Crippen LogP contribution in [0.1, 0.15) is 5.56 Å². The lowest BCUT2D eigenvalue weighted by Gasteiger charge is -2.13. The first kappa shape index (κ1) is 18.0. The third kappa shape index (κ3) is 3.29. The Balaban J connectivity index is 1.72. The summed E-state index contributed by atoms with van der Waals surface area (Å²) < 4.78 is 35.5. The van der Waals surface area contributed by atoms with Crippen molar-refractivity contribution in [1.29, 1.82) is 0 Å². The maximum Gasteiger partial charge on any atom is 0.265 e. The van der Waals surface area contributed by atoms with Crippen molar-refractivity contribution in [2.75, 3.05) is 11.8 Å². The molecule has 28 heavy (non-hydrogen) atoms. The molecule has 0 spiro atoms. The molecule has 0 amide bonds. The molecule has 0 bridgehead atoms. The van der Waals surface area contributed by atoms with Crippen LogP contribution in [0.25, 0.3) is 17.0 Å². The molecule has 0 saturated carbocycles. The van der Waals surface area contributed by atoms with E-state index in [0.29, 0.717) is 17.2 Å². The largest absolute Gasteiger partial charge is 0.495 e. The molecule has 142 valence electrons. The van der Waals surface area contributed by atoms with Crippen molar-refractivity contribution >= 4 is 21.4 Å². The molecule has 2 aromatic carbocycles. The lowest BCUT2D eigenvalue weighted by Crippen LogP contribution is -2.14. The molecule has 2 heterocycles. The van der Waals surface area contributed by atoms with Gasteiger partial charge in [0.05, 0.1) is 7.11 Å². The highest BCUT2D eigenvalue weighted by molar-refractivity contribution is 7.92. The van der Waals surface area contributed by atoms with E-state index in [1.807, 2.05) is 41.8 Å². The number of nitrogens with one attached hydrogen (secondary N) is 1. The maximum atomic E-state index is 12.9. The molecule has 0 saturated heterocycles. The molecule has 7 nitrogen and oxygen atoms in total. The van der Waals surface area contributed by atoms with Gasteiger partial charge in [-0.25, -0.2) is 8.42 Å². The Kier molecular flexibility index (Phi) is 4.48. The van der Waals surface area contributed by atoms with Crippen molar-refractivity contribution in [3.05, 3.63) is 72.4 Å². The fourth-order valence-electron chi connectivity index (χ4n) is 2.96. The van der Waals surface area contributed by atoms with Gasteiger partial charge >= 0.3 is 0 Å². The van der Waals surface area contributed by atoms with Crippen LogP contribution in [-0.2, 0) is 10.0 Å². The summed E-state index contributed by atoms with van der Waals surface area (Å²) in [5.41, 5.74) is 2.71. The minimum Gasteiger partial charge on any atom is -0.495 e. The second-order valence-electron chi connectivity index (χ2n) is 6.29. The van der Waals surface area contributed by atoms with E-state index >= 15 is 0 Å². The summed E-state index contributed by atoms with van der Waals surface area (Å²) in [4.78, 5) is 0.0910. The van der Waals surface area contributed by atoms with Gasteiger partial charge < -0.3 is 4.74 Å². The molecule has 2 aromatic heterocycles. The predicted molar refractivity (Wildman–Crippen MR) is 107 cm³/mol. The van der Waals surface area contributed by atoms with Crippen LogP contribution >= 0.6 is 0 Å². The number of rotatable bonds is 5. The van der Waals surface area contributed by atoms with Crippen molar-refractivity contribution in [3.8, 4) is 17.1 Å². The zero-order valence-corrected chi connectivity index (χ0v) is 16.1. The van der Waals surface area contributed by atoms with Crippen LogP contribution in [0.15, 0.2) is 71.8 Å². The van der Waals surface area contributed by atoms with Crippen molar-refractivity contribution in [2.45, 2.75) is 11.8 Å². The van der Waals surface area contributed by atoms with Crippen molar-refractivity contribution < 1.29 is 13.2 Å². The van der Waals surface area contributed by atoms with E-state index in [4.69, 9.17) is 4.74 Å². The molecule has 1 N–H and O–H groups in total. The normalized spacial score (nSPS) is 11.5. The number of hydrogen-bond donors (Lipinski definition) is 1. The first-order valence-electron chi connectivity index (χ1n) is 8.55. The van der Waals surface area contributed by atoms with Crippen LogP contribution in [-0.4, -0.2) is 30.1 Å². The molecule has 0 aliphatic rings. The zero-order chi connectivity index (χ0) is 19.7. The van der Waals surface area contributed by atoms with Gasteiger partial charge in [0.1, 0.15) is 10.6 Å². The summed E-state index contributed by atoms with van der Waals surface area (Å²) in [5.74, 6) is 0.919. The van der Waals surface area contributed by atoms with Crippen LogP contribution in [0.5, 0.6) is 5.75 Å². The number of hydrogen-bond acceptors (Lipinski definition) is 5. The van der Waals surface area contributed by atoms with E-state index in [1.165, 1.54) is 7.11 Å². The number of sulfonamides is 1. The fraction of sp³-hybridized carbons (Fsp3) is 0.100. The number of aromatic nitrogens is 3. The summed E-state index contributed by atoms with van der Waals surface area (Å²) in [7, 11) is -2.38. The van der Waals surface area contributed by atoms with E-state index in [1.54, 1.807) is 36.4 Å². The number of nitrogens with zero attached hydrogens (tertiary/aromatic N) is 3. The highest BCUT2D eigenvalue weighted by Gasteiger charge is 2.20. The molecule has 0 aliphatic heterocycles. The van der Waals surface area contributed by atoms with E-state index < -0.39 is 10.0 Å². The Bertz CT molecular complexity index is 1270. The van der Waals surface area contributed by atoms with E-state index in [9.17, 15) is 8.42 Å². The van der Waals surface area contributed by atoms with Crippen LogP contribution in [0.4, 0.5) is 5.69 Å². The molecule has 0 atom stereocenters. The third-order valence-electron chi connectivity index (χ3n) is 4.30. The van der Waals surface area contributed by atoms with Gasteiger partial charge in [-0.3, -0.25) is 9.12 Å². The second kappa shape index (κ2) is 6.97. The Hall–Kier alpha value is -3.39. The van der Waals surface area contributed by atoms with Crippen molar-refractivity contribution in [2.24, 2.45) is 0 Å². The van der Waals surface area contributed by atoms with Crippen LogP contribution in [0, 0.1) is 6.92 Å². The minimum atomic E-state index is -3.82. The van der Waals surface area contributed by atoms with E-state index in [-0.39, 0.29) is 10.6 Å². The molecule has 4 aromatic rings. The van der Waals surface area contributed by atoms with Crippen LogP contribution in [0.2, 0.25) is 0 Å². The standard InChI is InChI=1S/C20H18N4O3S/c1-14-9-10-17(27-2)18(12-14)28(25,26)23-16-7-5-6-15(13-16)20-22-21-19-8-3-4-11-24(19)20/h3-13,23H,1-2H3. The fourth-order valence-corrected chi connectivity index (χ4v) is 4.27. The zero-order valence-electron chi connectivity index (χ0n) is 15.3. The van der Waals surface area contributed by atoms with Gasteiger partial charge in [0.25, 0.3) is 10.0 Å². The highest BCUT2D eigenvalue weighted by atomic mass is 32.2. The van der Waals surface area contributed by atoms with Crippen molar-refractivity contribution in [1.82, 2.24) is 14.6 Å². The van der Waals surface area contributed by atoms with Crippen LogP contribution in [0.3, 0.4) is 0 Å². The van der Waals surface area contributed by atoms with E-state index in [0.717, 1.165) is 11.1 Å². The third-order valence-corrected chi connectivity index (χ3v) is 5.70. The number of anilines is 1. The molecular formula is C20H18N4O3S. The molecule has 0 unspecified atom stereocenters. The lowest BCUT2D eigenvalue weighted by atomic mass is 10.2. The van der Waals surface area contributed by atoms with Gasteiger partial charge in [0.2, 0.25) is 0 Å². The van der Waals surface area contributed by atoms with Gasteiger partial charge in [0, 0.05) is 17.4 Å². The SMILES string of the molecule is COc1ccc(C)cc1S(=O)(=O)Nc1cccc(-c2nnc3ccccn23)c1. The highest BCUT2D eigenvalue weighted by Crippen LogP contribution is 2.28. The molecule has 0 fully saturated rings. The Labute approximate surface area is 162 Å². The van der Waals surface area contributed by atoms with E-state index in [2.05, 4.69) is 14.9 Å². The number of ether oxygens (including phenoxy) is 1. The van der Waals surface area contributed by atoms with Gasteiger partial charge in [-0.15, -0.1) is 10.2 Å².